The molecule has 1 heterocycles. The highest BCUT2D eigenvalue weighted by molar-refractivity contribution is 5.58. The second kappa shape index (κ2) is 7.72. The van der Waals surface area contributed by atoms with Crippen LogP contribution in [0.1, 0.15) is 38.8 Å². The minimum Gasteiger partial charge on any atom is -0.474 e. The van der Waals surface area contributed by atoms with Gasteiger partial charge in [-0.05, 0) is 44.9 Å². The molecule has 0 aliphatic carbocycles. The van der Waals surface area contributed by atoms with Gasteiger partial charge in [0.1, 0.15) is 5.56 Å². The Bertz CT molecular complexity index is 700. The number of aryl methyl sites for hydroxylation is 1. The van der Waals surface area contributed by atoms with Crippen LogP contribution in [0.3, 0.4) is 0 Å². The van der Waals surface area contributed by atoms with E-state index in [4.69, 9.17) is 4.74 Å². The van der Waals surface area contributed by atoms with Gasteiger partial charge >= 0.3 is 6.18 Å². The topological polar surface area (TPSA) is 38.2 Å². The smallest absolute Gasteiger partial charge is 0.423 e. The molecule has 1 aromatic carbocycles. The number of benzene rings is 1. The monoisotopic (exact) mass is 353 g/mol. The maximum atomic E-state index is 13.1. The molecule has 0 unspecified atom stereocenters. The Balaban J connectivity index is 2.44. The van der Waals surface area contributed by atoms with Gasteiger partial charge in [0.25, 0.3) is 0 Å². The van der Waals surface area contributed by atoms with Crippen molar-refractivity contribution in [1.82, 2.24) is 9.97 Å². The van der Waals surface area contributed by atoms with Crippen LogP contribution in [0.2, 0.25) is 0 Å². The van der Waals surface area contributed by atoms with Gasteiger partial charge in [0.15, 0.2) is 0 Å². The average molecular weight is 353 g/mol. The van der Waals surface area contributed by atoms with E-state index in [2.05, 4.69) is 16.9 Å². The summed E-state index contributed by atoms with van der Waals surface area (Å²) in [5, 5.41) is 0. The van der Waals surface area contributed by atoms with E-state index in [1.807, 2.05) is 31.2 Å². The molecule has 0 saturated heterocycles. The van der Waals surface area contributed by atoms with Crippen LogP contribution in [-0.4, -0.2) is 22.6 Å². The number of ether oxygens (including phenoxy) is 1. The Morgan fingerprint density at radius 2 is 1.76 bits per heavy atom. The second-order valence-electron chi connectivity index (χ2n) is 5.82. The summed E-state index contributed by atoms with van der Waals surface area (Å²) in [6.07, 6.45) is -3.30. The summed E-state index contributed by atoms with van der Waals surface area (Å²) >= 11 is 0. The number of nitrogens with zero attached hydrogens (tertiary/aromatic N) is 3. The first-order chi connectivity index (χ1) is 11.8. The van der Waals surface area contributed by atoms with E-state index in [1.165, 1.54) is 5.56 Å². The zero-order valence-corrected chi connectivity index (χ0v) is 14.8. The standard InChI is InChI=1S/C18H22F3N3O/c1-5-13-7-9-14(10-8-13)24(6-2)17-22-11-15(18(19,20)21)16(23-17)25-12(3)4/h7-12H,5-6H2,1-4H3. The predicted molar refractivity (Wildman–Crippen MR) is 91.3 cm³/mol. The van der Waals surface area contributed by atoms with E-state index in [1.54, 1.807) is 18.7 Å². The van der Waals surface area contributed by atoms with Gasteiger partial charge < -0.3 is 9.64 Å². The highest BCUT2D eigenvalue weighted by Crippen LogP contribution is 2.36. The number of alkyl halides is 3. The fourth-order valence-corrected chi connectivity index (χ4v) is 2.35. The molecule has 7 heteroatoms. The molecule has 0 saturated carbocycles. The molecule has 2 aromatic rings. The molecular formula is C18H22F3N3O. The van der Waals surface area contributed by atoms with Crippen molar-refractivity contribution in [3.8, 4) is 5.88 Å². The van der Waals surface area contributed by atoms with Crippen LogP contribution >= 0.6 is 0 Å². The van der Waals surface area contributed by atoms with Gasteiger partial charge in [-0.2, -0.15) is 18.2 Å². The van der Waals surface area contributed by atoms with Crippen molar-refractivity contribution in [2.75, 3.05) is 11.4 Å². The van der Waals surface area contributed by atoms with Crippen molar-refractivity contribution in [3.05, 3.63) is 41.6 Å². The summed E-state index contributed by atoms with van der Waals surface area (Å²) < 4.78 is 44.7. The third-order valence-corrected chi connectivity index (χ3v) is 3.61. The van der Waals surface area contributed by atoms with Gasteiger partial charge in [-0.25, -0.2) is 4.98 Å². The molecule has 0 radical (unpaired) electrons. The van der Waals surface area contributed by atoms with Crippen LogP contribution in [0.25, 0.3) is 0 Å². The van der Waals surface area contributed by atoms with Crippen LogP contribution < -0.4 is 9.64 Å². The zero-order valence-electron chi connectivity index (χ0n) is 14.8. The molecular weight excluding hydrogens is 331 g/mol. The number of halogens is 3. The molecule has 1 aromatic heterocycles. The maximum Gasteiger partial charge on any atom is 0.423 e. The van der Waals surface area contributed by atoms with Gasteiger partial charge in [-0.3, -0.25) is 0 Å². The number of aromatic nitrogens is 2. The Kier molecular flexibility index (Phi) is 5.87. The molecule has 25 heavy (non-hydrogen) atoms. The van der Waals surface area contributed by atoms with Crippen LogP contribution in [0.15, 0.2) is 30.5 Å². The van der Waals surface area contributed by atoms with Crippen LogP contribution in [0.5, 0.6) is 5.88 Å². The number of hydrogen-bond donors (Lipinski definition) is 0. The SMILES string of the molecule is CCc1ccc(N(CC)c2ncc(C(F)(F)F)c(OC(C)C)n2)cc1. The summed E-state index contributed by atoms with van der Waals surface area (Å²) in [5.41, 5.74) is 1.02. The fourth-order valence-electron chi connectivity index (χ4n) is 2.35. The summed E-state index contributed by atoms with van der Waals surface area (Å²) in [4.78, 5) is 9.70. The lowest BCUT2D eigenvalue weighted by atomic mass is 10.1. The predicted octanol–water partition coefficient (Wildman–Crippen LogP) is 5.00. The number of anilines is 2. The van der Waals surface area contributed by atoms with Crippen molar-refractivity contribution >= 4 is 11.6 Å². The normalized spacial score (nSPS) is 11.7. The highest BCUT2D eigenvalue weighted by atomic mass is 19.4. The lowest BCUT2D eigenvalue weighted by Crippen LogP contribution is -2.21. The van der Waals surface area contributed by atoms with Crippen molar-refractivity contribution in [2.45, 2.75) is 46.4 Å². The van der Waals surface area contributed by atoms with Gasteiger partial charge in [0.2, 0.25) is 11.8 Å². The van der Waals surface area contributed by atoms with E-state index < -0.39 is 23.7 Å². The first-order valence-electron chi connectivity index (χ1n) is 8.23. The van der Waals surface area contributed by atoms with E-state index in [0.717, 1.165) is 18.3 Å². The van der Waals surface area contributed by atoms with Crippen LogP contribution in [0, 0.1) is 0 Å². The zero-order chi connectivity index (χ0) is 18.6. The van der Waals surface area contributed by atoms with E-state index >= 15 is 0 Å². The Hall–Kier alpha value is -2.31. The minimum atomic E-state index is -4.57. The first kappa shape index (κ1) is 19.0. The molecule has 0 amide bonds. The molecule has 0 aliphatic rings. The molecule has 4 nitrogen and oxygen atoms in total. The lowest BCUT2D eigenvalue weighted by molar-refractivity contribution is -0.139. The molecule has 0 aliphatic heterocycles. The molecule has 0 atom stereocenters. The summed E-state index contributed by atoms with van der Waals surface area (Å²) in [6.45, 7) is 7.77. The largest absolute Gasteiger partial charge is 0.474 e. The van der Waals surface area contributed by atoms with E-state index in [9.17, 15) is 13.2 Å². The Morgan fingerprint density at radius 1 is 1.12 bits per heavy atom. The molecule has 0 bridgehead atoms. The van der Waals surface area contributed by atoms with Crippen LogP contribution in [-0.2, 0) is 12.6 Å². The van der Waals surface area contributed by atoms with Crippen molar-refractivity contribution in [2.24, 2.45) is 0 Å². The number of hydrogen-bond acceptors (Lipinski definition) is 4. The fraction of sp³-hybridized carbons (Fsp3) is 0.444. The molecule has 0 N–H and O–H groups in total. The Labute approximate surface area is 145 Å². The van der Waals surface area contributed by atoms with Gasteiger partial charge in [0.05, 0.1) is 6.10 Å². The second-order valence-corrected chi connectivity index (χ2v) is 5.82. The van der Waals surface area contributed by atoms with Gasteiger partial charge in [-0.15, -0.1) is 0 Å². The van der Waals surface area contributed by atoms with E-state index in [-0.39, 0.29) is 5.95 Å². The highest BCUT2D eigenvalue weighted by Gasteiger charge is 2.37. The summed E-state index contributed by atoms with van der Waals surface area (Å²) in [6, 6.07) is 7.78. The summed E-state index contributed by atoms with van der Waals surface area (Å²) in [5.74, 6) is -0.272. The molecule has 136 valence electrons. The molecule has 2 rings (SSSR count). The van der Waals surface area contributed by atoms with Crippen molar-refractivity contribution in [3.63, 3.8) is 0 Å². The Morgan fingerprint density at radius 3 is 2.24 bits per heavy atom. The minimum absolute atomic E-state index is 0.176. The van der Waals surface area contributed by atoms with Crippen LogP contribution in [0.4, 0.5) is 24.8 Å². The third kappa shape index (κ3) is 4.61. The lowest BCUT2D eigenvalue weighted by Gasteiger charge is -2.23. The first-order valence-corrected chi connectivity index (χ1v) is 8.23. The molecule has 0 spiro atoms. The van der Waals surface area contributed by atoms with Gasteiger partial charge in [0, 0.05) is 18.4 Å². The average Bonchev–Trinajstić information content (AvgIpc) is 2.54. The van der Waals surface area contributed by atoms with Gasteiger partial charge in [-0.1, -0.05) is 19.1 Å². The molecule has 0 fully saturated rings. The van der Waals surface area contributed by atoms with E-state index in [0.29, 0.717) is 6.54 Å². The quantitative estimate of drug-likeness (QED) is 0.732. The van der Waals surface area contributed by atoms with Crippen molar-refractivity contribution < 1.29 is 17.9 Å². The maximum absolute atomic E-state index is 13.1. The van der Waals surface area contributed by atoms with Crippen molar-refractivity contribution in [1.29, 1.82) is 0 Å². The summed E-state index contributed by atoms with van der Waals surface area (Å²) in [7, 11) is 0. The number of rotatable bonds is 6. The third-order valence-electron chi connectivity index (χ3n) is 3.61.